The number of urea groups is 1. The zero-order chi connectivity index (χ0) is 19.4. The Kier molecular flexibility index (Phi) is 6.27. The first-order valence-corrected chi connectivity index (χ1v) is 10.1. The Morgan fingerprint density at radius 2 is 1.78 bits per heavy atom. The number of ether oxygens (including phenoxy) is 1. The molecule has 6 nitrogen and oxygen atoms in total. The molecule has 3 rings (SSSR count). The summed E-state index contributed by atoms with van der Waals surface area (Å²) in [6.07, 6.45) is 0.0913. The van der Waals surface area contributed by atoms with Gasteiger partial charge in [0.15, 0.2) is 0 Å². The molecule has 0 bridgehead atoms. The number of nitrogens with zero attached hydrogens (tertiary/aromatic N) is 3. The van der Waals surface area contributed by atoms with Crippen molar-refractivity contribution in [2.75, 3.05) is 52.4 Å². The number of rotatable bonds is 6. The smallest absolute Gasteiger partial charge is 0.317 e. The van der Waals surface area contributed by atoms with Gasteiger partial charge in [-0.15, -0.1) is 0 Å². The van der Waals surface area contributed by atoms with Crippen molar-refractivity contribution in [3.63, 3.8) is 0 Å². The largest absolute Gasteiger partial charge is 0.487 e. The van der Waals surface area contributed by atoms with Crippen LogP contribution in [0.5, 0.6) is 5.75 Å². The van der Waals surface area contributed by atoms with E-state index in [2.05, 4.69) is 42.8 Å². The highest BCUT2D eigenvalue weighted by molar-refractivity contribution is 5.75. The van der Waals surface area contributed by atoms with Crippen molar-refractivity contribution < 1.29 is 9.53 Å². The standard InChI is InChI=1S/C21H34N4O2/c1-5-23-10-12-25(13-11-23)21(3,4)16-22-20(26)24-14-19(15-24)27-18-8-6-17(2)7-9-18/h6-9,19H,5,10-16H2,1-4H3,(H,22,26). The van der Waals surface area contributed by atoms with E-state index >= 15 is 0 Å². The van der Waals surface area contributed by atoms with Crippen LogP contribution in [0.25, 0.3) is 0 Å². The molecular formula is C21H34N4O2. The lowest BCUT2D eigenvalue weighted by molar-refractivity contribution is 0.0368. The average molecular weight is 375 g/mol. The molecule has 0 radical (unpaired) electrons. The topological polar surface area (TPSA) is 48.0 Å². The molecule has 2 amide bonds. The molecular weight excluding hydrogens is 340 g/mol. The quantitative estimate of drug-likeness (QED) is 0.829. The van der Waals surface area contributed by atoms with Crippen molar-refractivity contribution >= 4 is 6.03 Å². The van der Waals surface area contributed by atoms with Gasteiger partial charge >= 0.3 is 6.03 Å². The van der Waals surface area contributed by atoms with Crippen LogP contribution >= 0.6 is 0 Å². The number of piperazine rings is 1. The number of likely N-dealkylation sites (N-methyl/N-ethyl adjacent to an activating group) is 1. The summed E-state index contributed by atoms with van der Waals surface area (Å²) in [5.74, 6) is 0.873. The molecule has 150 valence electrons. The number of aryl methyl sites for hydroxylation is 1. The third kappa shape index (κ3) is 5.14. The van der Waals surface area contributed by atoms with Crippen LogP contribution in [0, 0.1) is 6.92 Å². The minimum absolute atomic E-state index is 0.0130. The summed E-state index contributed by atoms with van der Waals surface area (Å²) < 4.78 is 5.91. The van der Waals surface area contributed by atoms with Crippen molar-refractivity contribution in [2.45, 2.75) is 39.3 Å². The molecule has 1 N–H and O–H groups in total. The molecule has 0 aromatic heterocycles. The molecule has 2 fully saturated rings. The monoisotopic (exact) mass is 374 g/mol. The van der Waals surface area contributed by atoms with Crippen LogP contribution in [0.15, 0.2) is 24.3 Å². The fraction of sp³-hybridized carbons (Fsp3) is 0.667. The second-order valence-corrected chi connectivity index (χ2v) is 8.35. The first-order chi connectivity index (χ1) is 12.9. The number of carbonyl (C=O) groups is 1. The molecule has 0 aliphatic carbocycles. The fourth-order valence-corrected chi connectivity index (χ4v) is 3.67. The van der Waals surface area contributed by atoms with Crippen molar-refractivity contribution in [1.82, 2.24) is 20.0 Å². The molecule has 6 heteroatoms. The number of nitrogens with one attached hydrogen (secondary N) is 1. The van der Waals surface area contributed by atoms with Gasteiger partial charge in [0.05, 0.1) is 13.1 Å². The maximum atomic E-state index is 12.4. The van der Waals surface area contributed by atoms with Gasteiger partial charge in [-0.25, -0.2) is 4.79 Å². The molecule has 0 atom stereocenters. The van der Waals surface area contributed by atoms with Gasteiger partial charge in [-0.2, -0.15) is 0 Å². The van der Waals surface area contributed by atoms with Crippen molar-refractivity contribution in [3.05, 3.63) is 29.8 Å². The van der Waals surface area contributed by atoms with E-state index in [4.69, 9.17) is 4.74 Å². The normalized spacial score (nSPS) is 19.6. The molecule has 27 heavy (non-hydrogen) atoms. The summed E-state index contributed by atoms with van der Waals surface area (Å²) in [6.45, 7) is 16.1. The highest BCUT2D eigenvalue weighted by Gasteiger charge is 2.34. The van der Waals surface area contributed by atoms with Gasteiger partial charge < -0.3 is 19.9 Å². The molecule has 0 saturated carbocycles. The lowest BCUT2D eigenvalue weighted by atomic mass is 10.0. The van der Waals surface area contributed by atoms with Crippen LogP contribution in [0.2, 0.25) is 0 Å². The first-order valence-electron chi connectivity index (χ1n) is 10.1. The Morgan fingerprint density at radius 3 is 2.37 bits per heavy atom. The first kappa shape index (κ1) is 20.0. The minimum atomic E-state index is -0.0296. The van der Waals surface area contributed by atoms with E-state index in [1.165, 1.54) is 5.56 Å². The lowest BCUT2D eigenvalue weighted by Crippen LogP contribution is -2.62. The number of carbonyl (C=O) groups excluding carboxylic acids is 1. The third-order valence-electron chi connectivity index (χ3n) is 5.81. The van der Waals surface area contributed by atoms with Gasteiger partial charge in [0, 0.05) is 38.3 Å². The van der Waals surface area contributed by atoms with Crippen LogP contribution in [-0.2, 0) is 0 Å². The van der Waals surface area contributed by atoms with Gasteiger partial charge in [-0.05, 0) is 39.4 Å². The zero-order valence-corrected chi connectivity index (χ0v) is 17.2. The second kappa shape index (κ2) is 8.48. The highest BCUT2D eigenvalue weighted by atomic mass is 16.5. The third-order valence-corrected chi connectivity index (χ3v) is 5.81. The van der Waals surface area contributed by atoms with E-state index in [1.807, 2.05) is 29.2 Å². The van der Waals surface area contributed by atoms with E-state index in [0.717, 1.165) is 38.5 Å². The molecule has 2 saturated heterocycles. The predicted molar refractivity (Wildman–Crippen MR) is 108 cm³/mol. The molecule has 2 heterocycles. The summed E-state index contributed by atoms with van der Waals surface area (Å²) in [5, 5.41) is 3.12. The van der Waals surface area contributed by atoms with Gasteiger partial charge in [0.1, 0.15) is 11.9 Å². The van der Waals surface area contributed by atoms with E-state index in [1.54, 1.807) is 0 Å². The van der Waals surface area contributed by atoms with Crippen molar-refractivity contribution in [3.8, 4) is 5.75 Å². The summed E-state index contributed by atoms with van der Waals surface area (Å²) in [5.41, 5.74) is 1.19. The van der Waals surface area contributed by atoms with Crippen molar-refractivity contribution in [1.29, 1.82) is 0 Å². The van der Waals surface area contributed by atoms with Crippen LogP contribution in [0.1, 0.15) is 26.3 Å². The van der Waals surface area contributed by atoms with Crippen LogP contribution in [0.4, 0.5) is 4.79 Å². The zero-order valence-electron chi connectivity index (χ0n) is 17.2. The van der Waals surface area contributed by atoms with Crippen LogP contribution in [-0.4, -0.2) is 84.7 Å². The Hall–Kier alpha value is -1.79. The van der Waals surface area contributed by atoms with Crippen LogP contribution < -0.4 is 10.1 Å². The minimum Gasteiger partial charge on any atom is -0.487 e. The van der Waals surface area contributed by atoms with E-state index in [0.29, 0.717) is 19.6 Å². The van der Waals surface area contributed by atoms with Crippen molar-refractivity contribution in [2.24, 2.45) is 0 Å². The van der Waals surface area contributed by atoms with Crippen LogP contribution in [0.3, 0.4) is 0 Å². The molecule has 0 unspecified atom stereocenters. The Labute approximate surface area is 163 Å². The molecule has 0 spiro atoms. The Bertz CT molecular complexity index is 618. The van der Waals surface area contributed by atoms with Gasteiger partial charge in [-0.1, -0.05) is 24.6 Å². The molecule has 1 aromatic rings. The average Bonchev–Trinajstić information content (AvgIpc) is 2.64. The van der Waals surface area contributed by atoms with Gasteiger partial charge in [0.25, 0.3) is 0 Å². The number of hydrogen-bond acceptors (Lipinski definition) is 4. The Balaban J connectivity index is 1.38. The number of amides is 2. The van der Waals surface area contributed by atoms with E-state index in [-0.39, 0.29) is 17.7 Å². The number of likely N-dealkylation sites (tertiary alicyclic amines) is 1. The van der Waals surface area contributed by atoms with Gasteiger partial charge in [-0.3, -0.25) is 4.90 Å². The van der Waals surface area contributed by atoms with E-state index < -0.39 is 0 Å². The maximum Gasteiger partial charge on any atom is 0.317 e. The second-order valence-electron chi connectivity index (χ2n) is 8.35. The number of hydrogen-bond donors (Lipinski definition) is 1. The number of benzene rings is 1. The molecule has 1 aromatic carbocycles. The highest BCUT2D eigenvalue weighted by Crippen LogP contribution is 2.20. The Morgan fingerprint density at radius 1 is 1.15 bits per heavy atom. The molecule has 2 aliphatic heterocycles. The van der Waals surface area contributed by atoms with Gasteiger partial charge in [0.2, 0.25) is 0 Å². The molecule has 2 aliphatic rings. The van der Waals surface area contributed by atoms with E-state index in [9.17, 15) is 4.79 Å². The summed E-state index contributed by atoms with van der Waals surface area (Å²) in [6, 6.07) is 8.07. The summed E-state index contributed by atoms with van der Waals surface area (Å²) in [7, 11) is 0. The fourth-order valence-electron chi connectivity index (χ4n) is 3.67. The summed E-state index contributed by atoms with van der Waals surface area (Å²) >= 11 is 0. The maximum absolute atomic E-state index is 12.4. The summed E-state index contributed by atoms with van der Waals surface area (Å²) in [4.78, 5) is 19.2. The SMILES string of the molecule is CCN1CCN(C(C)(C)CNC(=O)N2CC(Oc3ccc(C)cc3)C2)CC1. The predicted octanol–water partition coefficient (Wildman–Crippen LogP) is 2.18. The lowest BCUT2D eigenvalue weighted by Gasteiger charge is -2.45.